The maximum absolute atomic E-state index is 5.46. The van der Waals surface area contributed by atoms with Gasteiger partial charge in [0.15, 0.2) is 5.75 Å². The first-order chi connectivity index (χ1) is 8.76. The van der Waals surface area contributed by atoms with Crippen LogP contribution in [0.1, 0.15) is 25.0 Å². The van der Waals surface area contributed by atoms with Gasteiger partial charge in [0, 0.05) is 24.8 Å². The van der Waals surface area contributed by atoms with Crippen molar-refractivity contribution >= 4 is 5.69 Å². The zero-order valence-corrected chi connectivity index (χ0v) is 11.6. The normalized spacial score (nSPS) is 19.9. The number of piperidine rings is 1. The van der Waals surface area contributed by atoms with E-state index in [1.54, 1.807) is 7.11 Å². The van der Waals surface area contributed by atoms with Crippen LogP contribution >= 0.6 is 0 Å². The van der Waals surface area contributed by atoms with Crippen LogP contribution in [0.4, 0.5) is 5.69 Å². The first-order valence-corrected chi connectivity index (χ1v) is 6.68. The Morgan fingerprint density at radius 3 is 3.06 bits per heavy atom. The molecule has 0 spiro atoms. The minimum Gasteiger partial charge on any atom is -0.493 e. The number of nitrogens with zero attached hydrogens (tertiary/aromatic N) is 2. The van der Waals surface area contributed by atoms with Gasteiger partial charge in [-0.3, -0.25) is 4.98 Å². The van der Waals surface area contributed by atoms with Crippen LogP contribution in [0.3, 0.4) is 0 Å². The number of nitrogens with one attached hydrogen (secondary N) is 1. The van der Waals surface area contributed by atoms with E-state index in [4.69, 9.17) is 4.74 Å². The summed E-state index contributed by atoms with van der Waals surface area (Å²) in [7, 11) is 3.73. The molecular formula is C14H23N3O. The van der Waals surface area contributed by atoms with E-state index in [2.05, 4.69) is 21.3 Å². The molecular weight excluding hydrogens is 226 g/mol. The van der Waals surface area contributed by atoms with Crippen molar-refractivity contribution in [3.05, 3.63) is 18.0 Å². The number of ether oxygens (including phenoxy) is 1. The van der Waals surface area contributed by atoms with Gasteiger partial charge < -0.3 is 15.0 Å². The van der Waals surface area contributed by atoms with Crippen molar-refractivity contribution in [2.24, 2.45) is 0 Å². The molecule has 1 atom stereocenters. The van der Waals surface area contributed by atoms with Crippen LogP contribution < -0.4 is 15.0 Å². The van der Waals surface area contributed by atoms with Gasteiger partial charge >= 0.3 is 0 Å². The highest BCUT2D eigenvalue weighted by Crippen LogP contribution is 2.32. The maximum atomic E-state index is 5.46. The van der Waals surface area contributed by atoms with Gasteiger partial charge in [-0.2, -0.15) is 0 Å². The van der Waals surface area contributed by atoms with Gasteiger partial charge in [0.2, 0.25) is 0 Å². The standard InChI is InChI=1S/C14H23N3O/c1-11-8-13(14(18-3)10-16-11)17-7-5-4-6-12(17)9-15-2/h8,10,12,15H,4-7,9H2,1-3H3. The summed E-state index contributed by atoms with van der Waals surface area (Å²) in [4.78, 5) is 6.77. The monoisotopic (exact) mass is 249 g/mol. The van der Waals surface area contributed by atoms with E-state index >= 15 is 0 Å². The van der Waals surface area contributed by atoms with E-state index in [0.717, 1.165) is 24.5 Å². The zero-order chi connectivity index (χ0) is 13.0. The highest BCUT2D eigenvalue weighted by Gasteiger charge is 2.24. The highest BCUT2D eigenvalue weighted by molar-refractivity contribution is 5.59. The Morgan fingerprint density at radius 1 is 1.50 bits per heavy atom. The molecule has 4 nitrogen and oxygen atoms in total. The molecule has 100 valence electrons. The average molecular weight is 249 g/mol. The van der Waals surface area contributed by atoms with Crippen LogP contribution in [0, 0.1) is 6.92 Å². The van der Waals surface area contributed by atoms with Gasteiger partial charge in [0.25, 0.3) is 0 Å². The summed E-state index contributed by atoms with van der Waals surface area (Å²) in [6, 6.07) is 2.69. The second-order valence-corrected chi connectivity index (χ2v) is 4.90. The van der Waals surface area contributed by atoms with Crippen molar-refractivity contribution in [3.63, 3.8) is 0 Å². The molecule has 2 rings (SSSR count). The third-order valence-corrected chi connectivity index (χ3v) is 3.58. The number of aryl methyl sites for hydroxylation is 1. The quantitative estimate of drug-likeness (QED) is 0.885. The fourth-order valence-corrected chi connectivity index (χ4v) is 2.68. The summed E-state index contributed by atoms with van der Waals surface area (Å²) in [5, 5.41) is 3.29. The Labute approximate surface area is 109 Å². The summed E-state index contributed by atoms with van der Waals surface area (Å²) < 4.78 is 5.46. The van der Waals surface area contributed by atoms with Gasteiger partial charge in [-0.25, -0.2) is 0 Å². The molecule has 1 fully saturated rings. The average Bonchev–Trinajstić information content (AvgIpc) is 2.40. The van der Waals surface area contributed by atoms with Crippen molar-refractivity contribution in [2.75, 3.05) is 32.1 Å². The van der Waals surface area contributed by atoms with Crippen molar-refractivity contribution in [1.82, 2.24) is 10.3 Å². The van der Waals surface area contributed by atoms with Crippen LogP contribution in [-0.4, -0.2) is 38.3 Å². The molecule has 4 heteroatoms. The van der Waals surface area contributed by atoms with Crippen molar-refractivity contribution in [2.45, 2.75) is 32.2 Å². The maximum Gasteiger partial charge on any atom is 0.160 e. The van der Waals surface area contributed by atoms with Gasteiger partial charge in [0.05, 0.1) is 19.0 Å². The molecule has 0 aliphatic carbocycles. The fourth-order valence-electron chi connectivity index (χ4n) is 2.68. The first-order valence-electron chi connectivity index (χ1n) is 6.68. The SMILES string of the molecule is CNCC1CCCCN1c1cc(C)ncc1OC. The molecule has 0 radical (unpaired) electrons. The molecule has 1 aliphatic heterocycles. The summed E-state index contributed by atoms with van der Waals surface area (Å²) in [5.41, 5.74) is 2.23. The van der Waals surface area contributed by atoms with Crippen LogP contribution in [0.15, 0.2) is 12.3 Å². The van der Waals surface area contributed by atoms with Gasteiger partial charge in [0.1, 0.15) is 0 Å². The van der Waals surface area contributed by atoms with Crippen LogP contribution in [-0.2, 0) is 0 Å². The van der Waals surface area contributed by atoms with Crippen LogP contribution in [0.2, 0.25) is 0 Å². The molecule has 0 bridgehead atoms. The molecule has 1 saturated heterocycles. The van der Waals surface area contributed by atoms with E-state index in [0.29, 0.717) is 6.04 Å². The molecule has 1 aromatic heterocycles. The zero-order valence-electron chi connectivity index (χ0n) is 11.6. The summed E-state index contributed by atoms with van der Waals surface area (Å²) in [6.07, 6.45) is 5.64. The number of anilines is 1. The first kappa shape index (κ1) is 13.1. The number of hydrogen-bond donors (Lipinski definition) is 1. The lowest BCUT2D eigenvalue weighted by Gasteiger charge is -2.38. The third kappa shape index (κ3) is 2.75. The fraction of sp³-hybridized carbons (Fsp3) is 0.643. The second kappa shape index (κ2) is 6.05. The van der Waals surface area contributed by atoms with Crippen molar-refractivity contribution < 1.29 is 4.74 Å². The van der Waals surface area contributed by atoms with E-state index in [1.165, 1.54) is 24.9 Å². The Kier molecular flexibility index (Phi) is 4.42. The van der Waals surface area contributed by atoms with Crippen molar-refractivity contribution in [3.8, 4) is 5.75 Å². The Hall–Kier alpha value is -1.29. The summed E-state index contributed by atoms with van der Waals surface area (Å²) in [6.45, 7) is 4.15. The predicted molar refractivity (Wildman–Crippen MR) is 74.4 cm³/mol. The number of aromatic nitrogens is 1. The third-order valence-electron chi connectivity index (χ3n) is 3.58. The molecule has 1 N–H and O–H groups in total. The Morgan fingerprint density at radius 2 is 2.33 bits per heavy atom. The van der Waals surface area contributed by atoms with Gasteiger partial charge in [-0.15, -0.1) is 0 Å². The summed E-state index contributed by atoms with van der Waals surface area (Å²) >= 11 is 0. The topological polar surface area (TPSA) is 37.4 Å². The number of likely N-dealkylation sites (N-methyl/N-ethyl adjacent to an activating group) is 1. The lowest BCUT2D eigenvalue weighted by Crippen LogP contribution is -2.45. The summed E-state index contributed by atoms with van der Waals surface area (Å²) in [5.74, 6) is 0.878. The van der Waals surface area contributed by atoms with E-state index < -0.39 is 0 Å². The van der Waals surface area contributed by atoms with Crippen LogP contribution in [0.25, 0.3) is 0 Å². The Balaban J connectivity index is 2.29. The number of hydrogen-bond acceptors (Lipinski definition) is 4. The molecule has 1 aromatic rings. The molecule has 0 aromatic carbocycles. The molecule has 1 unspecified atom stereocenters. The van der Waals surface area contributed by atoms with Crippen LogP contribution in [0.5, 0.6) is 5.75 Å². The van der Waals surface area contributed by atoms with Crippen molar-refractivity contribution in [1.29, 1.82) is 0 Å². The minimum absolute atomic E-state index is 0.555. The smallest absolute Gasteiger partial charge is 0.160 e. The number of methoxy groups -OCH3 is 1. The van der Waals surface area contributed by atoms with E-state index in [1.807, 2.05) is 20.2 Å². The molecule has 18 heavy (non-hydrogen) atoms. The van der Waals surface area contributed by atoms with Gasteiger partial charge in [-0.05, 0) is 39.3 Å². The Bertz CT molecular complexity index is 393. The largest absolute Gasteiger partial charge is 0.493 e. The van der Waals surface area contributed by atoms with Gasteiger partial charge in [-0.1, -0.05) is 0 Å². The molecule has 0 amide bonds. The lowest BCUT2D eigenvalue weighted by atomic mass is 10.0. The highest BCUT2D eigenvalue weighted by atomic mass is 16.5. The number of rotatable bonds is 4. The van der Waals surface area contributed by atoms with E-state index in [-0.39, 0.29) is 0 Å². The predicted octanol–water partition coefficient (Wildman–Crippen LogP) is 1.98. The van der Waals surface area contributed by atoms with E-state index in [9.17, 15) is 0 Å². The lowest BCUT2D eigenvalue weighted by molar-refractivity contribution is 0.400. The minimum atomic E-state index is 0.555. The molecule has 0 saturated carbocycles. The molecule has 1 aliphatic rings. The second-order valence-electron chi connectivity index (χ2n) is 4.90. The molecule has 2 heterocycles. The number of pyridine rings is 1.